The van der Waals surface area contributed by atoms with E-state index in [2.05, 4.69) is 36.5 Å². The Morgan fingerprint density at radius 1 is 1.31 bits per heavy atom. The summed E-state index contributed by atoms with van der Waals surface area (Å²) in [6, 6.07) is 8.81. The van der Waals surface area contributed by atoms with Gasteiger partial charge in [-0.25, -0.2) is 0 Å². The molecular weight excluding hydrogens is 198 g/mol. The lowest BCUT2D eigenvalue weighted by Gasteiger charge is -2.16. The fraction of sp³-hybridized carbons (Fsp3) is 0.571. The van der Waals surface area contributed by atoms with Crippen LogP contribution in [0.1, 0.15) is 44.2 Å². The molecule has 0 spiro atoms. The zero-order valence-corrected chi connectivity index (χ0v) is 10.2. The Bertz CT molecular complexity index is 331. The number of hydrogen-bond donors (Lipinski definition) is 1. The quantitative estimate of drug-likeness (QED) is 0.839. The van der Waals surface area contributed by atoms with E-state index >= 15 is 0 Å². The fourth-order valence-electron chi connectivity index (χ4n) is 2.22. The highest BCUT2D eigenvalue weighted by atomic mass is 16.5. The van der Waals surface area contributed by atoms with Crippen LogP contribution in [0.25, 0.3) is 0 Å². The summed E-state index contributed by atoms with van der Waals surface area (Å²) >= 11 is 0. The molecule has 2 heteroatoms. The average molecular weight is 219 g/mol. The van der Waals surface area contributed by atoms with E-state index in [1.165, 1.54) is 31.2 Å². The van der Waals surface area contributed by atoms with E-state index in [4.69, 9.17) is 4.74 Å². The Morgan fingerprint density at radius 3 is 2.75 bits per heavy atom. The molecule has 1 aliphatic carbocycles. The molecule has 2 rings (SSSR count). The van der Waals surface area contributed by atoms with Crippen LogP contribution in [0.15, 0.2) is 24.3 Å². The van der Waals surface area contributed by atoms with Crippen LogP contribution in [0.4, 0.5) is 0 Å². The second-order valence-electron chi connectivity index (χ2n) is 4.61. The summed E-state index contributed by atoms with van der Waals surface area (Å²) < 4.78 is 5.98. The highest BCUT2D eigenvalue weighted by molar-refractivity contribution is 5.30. The Hall–Kier alpha value is -1.02. The first kappa shape index (κ1) is 11.5. The molecule has 1 fully saturated rings. The lowest BCUT2D eigenvalue weighted by atomic mass is 10.1. The molecule has 0 saturated heterocycles. The average Bonchev–Trinajstić information content (AvgIpc) is 2.81. The van der Waals surface area contributed by atoms with Gasteiger partial charge in [0.1, 0.15) is 5.75 Å². The van der Waals surface area contributed by atoms with Crippen LogP contribution in [-0.4, -0.2) is 13.2 Å². The standard InChI is InChI=1S/C14H21NO/c1-11(15-2)12-6-5-9-14(10-12)16-13-7-3-4-8-13/h5-6,9-11,13,15H,3-4,7-8H2,1-2H3. The minimum atomic E-state index is 0.382. The monoisotopic (exact) mass is 219 g/mol. The van der Waals surface area contributed by atoms with Gasteiger partial charge in [0.2, 0.25) is 0 Å². The Kier molecular flexibility index (Phi) is 3.83. The van der Waals surface area contributed by atoms with E-state index in [0.29, 0.717) is 12.1 Å². The predicted octanol–water partition coefficient (Wildman–Crippen LogP) is 3.29. The first-order valence-corrected chi connectivity index (χ1v) is 6.23. The summed E-state index contributed by atoms with van der Waals surface area (Å²) in [5, 5.41) is 3.25. The molecule has 0 aromatic heterocycles. The van der Waals surface area contributed by atoms with Crippen molar-refractivity contribution in [2.24, 2.45) is 0 Å². The lowest BCUT2D eigenvalue weighted by Crippen LogP contribution is -2.14. The zero-order valence-electron chi connectivity index (χ0n) is 10.2. The van der Waals surface area contributed by atoms with Gasteiger partial charge in [-0.2, -0.15) is 0 Å². The normalized spacial score (nSPS) is 18.6. The maximum atomic E-state index is 5.98. The smallest absolute Gasteiger partial charge is 0.120 e. The molecular formula is C14H21NO. The minimum absolute atomic E-state index is 0.382. The summed E-state index contributed by atoms with van der Waals surface area (Å²) in [5.74, 6) is 1.02. The van der Waals surface area contributed by atoms with Gasteiger partial charge >= 0.3 is 0 Å². The maximum absolute atomic E-state index is 5.98. The van der Waals surface area contributed by atoms with Gasteiger partial charge in [-0.15, -0.1) is 0 Å². The van der Waals surface area contributed by atoms with Gasteiger partial charge in [-0.05, 0) is 57.4 Å². The van der Waals surface area contributed by atoms with Gasteiger partial charge in [-0.1, -0.05) is 12.1 Å². The first-order valence-electron chi connectivity index (χ1n) is 6.23. The highest BCUT2D eigenvalue weighted by Crippen LogP contribution is 2.25. The van der Waals surface area contributed by atoms with Crippen molar-refractivity contribution in [1.82, 2.24) is 5.32 Å². The third kappa shape index (κ3) is 2.76. The molecule has 1 unspecified atom stereocenters. The first-order chi connectivity index (χ1) is 7.79. The maximum Gasteiger partial charge on any atom is 0.120 e. The van der Waals surface area contributed by atoms with Crippen LogP contribution >= 0.6 is 0 Å². The van der Waals surface area contributed by atoms with Crippen molar-refractivity contribution in [3.05, 3.63) is 29.8 Å². The van der Waals surface area contributed by atoms with Crippen LogP contribution < -0.4 is 10.1 Å². The third-order valence-corrected chi connectivity index (χ3v) is 3.40. The molecule has 1 aromatic rings. The molecule has 0 bridgehead atoms. The van der Waals surface area contributed by atoms with Crippen LogP contribution in [-0.2, 0) is 0 Å². The van der Waals surface area contributed by atoms with Crippen LogP contribution in [0, 0.1) is 0 Å². The Labute approximate surface area is 98.0 Å². The molecule has 16 heavy (non-hydrogen) atoms. The van der Waals surface area contributed by atoms with Crippen LogP contribution in [0.2, 0.25) is 0 Å². The van der Waals surface area contributed by atoms with E-state index in [-0.39, 0.29) is 0 Å². The zero-order chi connectivity index (χ0) is 11.4. The van der Waals surface area contributed by atoms with Gasteiger partial charge in [0.25, 0.3) is 0 Å². The highest BCUT2D eigenvalue weighted by Gasteiger charge is 2.16. The molecule has 1 N–H and O–H groups in total. The van der Waals surface area contributed by atoms with Gasteiger partial charge in [0.15, 0.2) is 0 Å². The van der Waals surface area contributed by atoms with Crippen molar-refractivity contribution in [2.45, 2.75) is 44.8 Å². The van der Waals surface area contributed by atoms with Gasteiger partial charge in [0.05, 0.1) is 6.10 Å². The molecule has 2 nitrogen and oxygen atoms in total. The molecule has 88 valence electrons. The van der Waals surface area contributed by atoms with Crippen molar-refractivity contribution >= 4 is 0 Å². The largest absolute Gasteiger partial charge is 0.490 e. The summed E-state index contributed by atoms with van der Waals surface area (Å²) in [6.45, 7) is 2.16. The minimum Gasteiger partial charge on any atom is -0.490 e. The van der Waals surface area contributed by atoms with Crippen molar-refractivity contribution in [3.8, 4) is 5.75 Å². The van der Waals surface area contributed by atoms with E-state index in [1.54, 1.807) is 0 Å². The van der Waals surface area contributed by atoms with Crippen molar-refractivity contribution in [1.29, 1.82) is 0 Å². The second-order valence-corrected chi connectivity index (χ2v) is 4.61. The third-order valence-electron chi connectivity index (χ3n) is 3.40. The van der Waals surface area contributed by atoms with Gasteiger partial charge in [-0.3, -0.25) is 0 Å². The number of hydrogen-bond acceptors (Lipinski definition) is 2. The topological polar surface area (TPSA) is 21.3 Å². The molecule has 0 radical (unpaired) electrons. The van der Waals surface area contributed by atoms with Gasteiger partial charge < -0.3 is 10.1 Å². The van der Waals surface area contributed by atoms with Crippen molar-refractivity contribution in [2.75, 3.05) is 7.05 Å². The summed E-state index contributed by atoms with van der Waals surface area (Å²) in [4.78, 5) is 0. The molecule has 0 amide bonds. The molecule has 1 aromatic carbocycles. The van der Waals surface area contributed by atoms with E-state index < -0.39 is 0 Å². The van der Waals surface area contributed by atoms with E-state index in [0.717, 1.165) is 5.75 Å². The number of rotatable bonds is 4. The number of benzene rings is 1. The molecule has 1 atom stereocenters. The second kappa shape index (κ2) is 5.35. The summed E-state index contributed by atoms with van der Waals surface area (Å²) in [7, 11) is 1.98. The van der Waals surface area contributed by atoms with Gasteiger partial charge in [0, 0.05) is 6.04 Å². The fourth-order valence-corrected chi connectivity index (χ4v) is 2.22. The number of ether oxygens (including phenoxy) is 1. The molecule has 1 aliphatic rings. The van der Waals surface area contributed by atoms with Crippen molar-refractivity contribution < 1.29 is 4.74 Å². The Morgan fingerprint density at radius 2 is 2.06 bits per heavy atom. The number of nitrogens with one attached hydrogen (secondary N) is 1. The van der Waals surface area contributed by atoms with E-state index in [9.17, 15) is 0 Å². The Balaban J connectivity index is 2.03. The predicted molar refractivity (Wildman–Crippen MR) is 66.8 cm³/mol. The summed E-state index contributed by atoms with van der Waals surface area (Å²) in [5.41, 5.74) is 1.29. The van der Waals surface area contributed by atoms with Crippen molar-refractivity contribution in [3.63, 3.8) is 0 Å². The van der Waals surface area contributed by atoms with Crippen LogP contribution in [0.3, 0.4) is 0 Å². The van der Waals surface area contributed by atoms with E-state index in [1.807, 2.05) is 7.05 Å². The molecule has 1 saturated carbocycles. The lowest BCUT2D eigenvalue weighted by molar-refractivity contribution is 0.209. The van der Waals surface area contributed by atoms with Crippen LogP contribution in [0.5, 0.6) is 5.75 Å². The summed E-state index contributed by atoms with van der Waals surface area (Å²) in [6.07, 6.45) is 5.51. The molecule has 0 aliphatic heterocycles. The molecule has 0 heterocycles. The SMILES string of the molecule is CNC(C)c1cccc(OC2CCCC2)c1.